The fourth-order valence-corrected chi connectivity index (χ4v) is 3.00. The molecule has 0 aliphatic carbocycles. The molecule has 0 fully saturated rings. The highest BCUT2D eigenvalue weighted by molar-refractivity contribution is 7.98. The van der Waals surface area contributed by atoms with E-state index in [0.29, 0.717) is 22.8 Å². The molecular weight excluding hydrogens is 386 g/mol. The van der Waals surface area contributed by atoms with Gasteiger partial charge in [0.1, 0.15) is 6.04 Å². The average molecular weight is 406 g/mol. The Hall–Kier alpha value is -2.31. The first-order valence-electron chi connectivity index (χ1n) is 8.32. The van der Waals surface area contributed by atoms with Crippen molar-refractivity contribution in [3.8, 4) is 0 Å². The topological polar surface area (TPSA) is 72.5 Å². The average Bonchev–Trinajstić information content (AvgIpc) is 2.69. The normalized spacial score (nSPS) is 11.5. The molecule has 2 aromatic rings. The first kappa shape index (κ1) is 21.0. The lowest BCUT2D eigenvalue weighted by Crippen LogP contribution is -2.42. The molecule has 0 heterocycles. The van der Waals surface area contributed by atoms with Crippen molar-refractivity contribution in [3.63, 3.8) is 0 Å². The first-order valence-corrected chi connectivity index (χ1v) is 10.1. The Bertz CT molecular complexity index is 798. The molecule has 2 rings (SSSR count). The summed E-state index contributed by atoms with van der Waals surface area (Å²) >= 11 is 7.57. The Labute approximate surface area is 167 Å². The number of ketones is 1. The molecule has 142 valence electrons. The summed E-state index contributed by atoms with van der Waals surface area (Å²) in [6, 6.07) is 14.3. The van der Waals surface area contributed by atoms with E-state index in [1.807, 2.05) is 6.26 Å². The Morgan fingerprint density at radius 2 is 1.74 bits per heavy atom. The molecule has 0 saturated heterocycles. The fraction of sp³-hybridized carbons (Fsp3) is 0.250. The quantitative estimate of drug-likeness (QED) is 0.509. The molecule has 0 unspecified atom stereocenters. The molecule has 7 heteroatoms. The van der Waals surface area contributed by atoms with Crippen LogP contribution in [-0.2, 0) is 9.53 Å². The SMILES string of the molecule is CSCC[C@H](NC(=O)c1ccccc1Cl)C(=O)OCC(=O)c1ccccc1. The van der Waals surface area contributed by atoms with Gasteiger partial charge in [-0.2, -0.15) is 11.8 Å². The van der Waals surface area contributed by atoms with Crippen molar-refractivity contribution in [1.29, 1.82) is 0 Å². The number of halogens is 1. The van der Waals surface area contributed by atoms with Gasteiger partial charge in [-0.05, 0) is 30.6 Å². The van der Waals surface area contributed by atoms with Gasteiger partial charge in [-0.3, -0.25) is 9.59 Å². The van der Waals surface area contributed by atoms with Crippen molar-refractivity contribution >= 4 is 41.0 Å². The zero-order valence-electron chi connectivity index (χ0n) is 14.8. The van der Waals surface area contributed by atoms with Gasteiger partial charge in [0.25, 0.3) is 5.91 Å². The van der Waals surface area contributed by atoms with Gasteiger partial charge in [0.05, 0.1) is 10.6 Å². The second-order valence-electron chi connectivity index (χ2n) is 5.68. The predicted octanol–water partition coefficient (Wildman–Crippen LogP) is 3.62. The van der Waals surface area contributed by atoms with E-state index in [9.17, 15) is 14.4 Å². The number of carbonyl (C=O) groups excluding carboxylic acids is 3. The molecule has 5 nitrogen and oxygen atoms in total. The van der Waals surface area contributed by atoms with Crippen molar-refractivity contribution in [2.45, 2.75) is 12.5 Å². The summed E-state index contributed by atoms with van der Waals surface area (Å²) in [6.07, 6.45) is 2.28. The number of hydrogen-bond donors (Lipinski definition) is 1. The highest BCUT2D eigenvalue weighted by atomic mass is 35.5. The van der Waals surface area contributed by atoms with Gasteiger partial charge in [-0.15, -0.1) is 0 Å². The molecule has 27 heavy (non-hydrogen) atoms. The number of benzene rings is 2. The Morgan fingerprint density at radius 1 is 1.07 bits per heavy atom. The second kappa shape index (κ2) is 10.7. The lowest BCUT2D eigenvalue weighted by atomic mass is 10.1. The Morgan fingerprint density at radius 3 is 2.41 bits per heavy atom. The van der Waals surface area contributed by atoms with E-state index in [4.69, 9.17) is 16.3 Å². The summed E-state index contributed by atoms with van der Waals surface area (Å²) < 4.78 is 5.14. The molecular formula is C20H20ClNO4S. The van der Waals surface area contributed by atoms with E-state index < -0.39 is 17.9 Å². The molecule has 0 saturated carbocycles. The monoisotopic (exact) mass is 405 g/mol. The molecule has 0 spiro atoms. The van der Waals surface area contributed by atoms with Crippen molar-refractivity contribution in [1.82, 2.24) is 5.32 Å². The molecule has 0 aliphatic rings. The standard InChI is InChI=1S/C20H20ClNO4S/c1-27-12-11-17(22-19(24)15-9-5-6-10-16(15)21)20(25)26-13-18(23)14-7-3-2-4-8-14/h2-10,17H,11-13H2,1H3,(H,22,24)/t17-/m0/s1. The van der Waals surface area contributed by atoms with Crippen LogP contribution >= 0.6 is 23.4 Å². The second-order valence-corrected chi connectivity index (χ2v) is 7.08. The summed E-state index contributed by atoms with van der Waals surface area (Å²) in [6.45, 7) is -0.374. The van der Waals surface area contributed by atoms with Crippen molar-refractivity contribution in [2.24, 2.45) is 0 Å². The van der Waals surface area contributed by atoms with Crippen LogP contribution in [0, 0.1) is 0 Å². The summed E-state index contributed by atoms with van der Waals surface area (Å²) in [5.41, 5.74) is 0.743. The zero-order chi connectivity index (χ0) is 19.6. The molecule has 1 atom stereocenters. The zero-order valence-corrected chi connectivity index (χ0v) is 16.4. The minimum absolute atomic E-state index is 0.279. The summed E-state index contributed by atoms with van der Waals surface area (Å²) in [5.74, 6) is -0.758. The van der Waals surface area contributed by atoms with E-state index in [1.165, 1.54) is 0 Å². The number of carbonyl (C=O) groups is 3. The smallest absolute Gasteiger partial charge is 0.329 e. The number of amides is 1. The summed E-state index contributed by atoms with van der Waals surface area (Å²) in [7, 11) is 0. The number of thioether (sulfide) groups is 1. The number of rotatable bonds is 9. The summed E-state index contributed by atoms with van der Waals surface area (Å²) in [5, 5.41) is 2.95. The number of ether oxygens (including phenoxy) is 1. The fourth-order valence-electron chi connectivity index (χ4n) is 2.31. The van der Waals surface area contributed by atoms with Crippen LogP contribution in [0.2, 0.25) is 5.02 Å². The third-order valence-corrected chi connectivity index (χ3v) is 4.73. The van der Waals surface area contributed by atoms with E-state index >= 15 is 0 Å². The van der Waals surface area contributed by atoms with Crippen LogP contribution in [0.3, 0.4) is 0 Å². The lowest BCUT2D eigenvalue weighted by Gasteiger charge is -2.17. The number of Topliss-reactive ketones (excluding diaryl/α,β-unsaturated/α-hetero) is 1. The minimum Gasteiger partial charge on any atom is -0.456 e. The first-order chi connectivity index (χ1) is 13.0. The van der Waals surface area contributed by atoms with Crippen LogP contribution in [0.25, 0.3) is 0 Å². The molecule has 1 N–H and O–H groups in total. The van der Waals surface area contributed by atoms with E-state index in [0.717, 1.165) is 0 Å². The third-order valence-electron chi connectivity index (χ3n) is 3.76. The highest BCUT2D eigenvalue weighted by Crippen LogP contribution is 2.15. The maximum atomic E-state index is 12.4. The van der Waals surface area contributed by atoms with Crippen LogP contribution in [0.4, 0.5) is 0 Å². The Balaban J connectivity index is 1.99. The maximum Gasteiger partial charge on any atom is 0.329 e. The highest BCUT2D eigenvalue weighted by Gasteiger charge is 2.24. The molecule has 0 aliphatic heterocycles. The number of hydrogen-bond acceptors (Lipinski definition) is 5. The number of esters is 1. The Kier molecular flexibility index (Phi) is 8.36. The van der Waals surface area contributed by atoms with E-state index in [-0.39, 0.29) is 18.0 Å². The van der Waals surface area contributed by atoms with E-state index in [1.54, 1.807) is 66.4 Å². The third kappa shape index (κ3) is 6.41. The van der Waals surface area contributed by atoms with Gasteiger partial charge in [0.15, 0.2) is 12.4 Å². The van der Waals surface area contributed by atoms with Gasteiger partial charge in [-0.25, -0.2) is 4.79 Å². The van der Waals surface area contributed by atoms with Crippen LogP contribution in [0.15, 0.2) is 54.6 Å². The van der Waals surface area contributed by atoms with E-state index in [2.05, 4.69) is 5.32 Å². The maximum absolute atomic E-state index is 12.4. The van der Waals surface area contributed by atoms with Crippen molar-refractivity contribution < 1.29 is 19.1 Å². The van der Waals surface area contributed by atoms with Crippen LogP contribution < -0.4 is 5.32 Å². The molecule has 1 amide bonds. The van der Waals surface area contributed by atoms with Crippen LogP contribution in [0.1, 0.15) is 27.1 Å². The van der Waals surface area contributed by atoms with Gasteiger partial charge < -0.3 is 10.1 Å². The van der Waals surface area contributed by atoms with Crippen LogP contribution in [-0.4, -0.2) is 42.3 Å². The van der Waals surface area contributed by atoms with Crippen molar-refractivity contribution in [2.75, 3.05) is 18.6 Å². The van der Waals surface area contributed by atoms with Gasteiger partial charge in [-0.1, -0.05) is 54.1 Å². The number of nitrogens with one attached hydrogen (secondary N) is 1. The van der Waals surface area contributed by atoms with Gasteiger partial charge >= 0.3 is 5.97 Å². The minimum atomic E-state index is -0.857. The van der Waals surface area contributed by atoms with Crippen molar-refractivity contribution in [3.05, 3.63) is 70.7 Å². The molecule has 2 aromatic carbocycles. The lowest BCUT2D eigenvalue weighted by molar-refractivity contribution is -0.144. The molecule has 0 bridgehead atoms. The van der Waals surface area contributed by atoms with Gasteiger partial charge in [0.2, 0.25) is 0 Å². The largest absolute Gasteiger partial charge is 0.456 e. The molecule has 0 aromatic heterocycles. The van der Waals surface area contributed by atoms with Gasteiger partial charge in [0, 0.05) is 5.56 Å². The van der Waals surface area contributed by atoms with Crippen LogP contribution in [0.5, 0.6) is 0 Å². The summed E-state index contributed by atoms with van der Waals surface area (Å²) in [4.78, 5) is 36.9. The molecule has 0 radical (unpaired) electrons. The predicted molar refractivity (Wildman–Crippen MR) is 107 cm³/mol.